The number of benzene rings is 2. The molecule has 22 heavy (non-hydrogen) atoms. The van der Waals surface area contributed by atoms with Crippen molar-refractivity contribution in [2.24, 2.45) is 0 Å². The SMILES string of the molecule is Cc1ccc(-c2nn3cc(-c4ccc(Br)cc4)nc3s2)cc1. The van der Waals surface area contributed by atoms with Crippen molar-refractivity contribution in [2.75, 3.05) is 0 Å². The Hall–Kier alpha value is -1.98. The first-order chi connectivity index (χ1) is 10.7. The molecule has 0 fully saturated rings. The molecule has 0 saturated carbocycles. The Morgan fingerprint density at radius 2 is 1.64 bits per heavy atom. The number of nitrogens with zero attached hydrogens (tertiary/aromatic N) is 3. The molecule has 0 aliphatic carbocycles. The smallest absolute Gasteiger partial charge is 0.213 e. The summed E-state index contributed by atoms with van der Waals surface area (Å²) in [6.45, 7) is 2.09. The lowest BCUT2D eigenvalue weighted by molar-refractivity contribution is 0.978. The molecule has 0 bridgehead atoms. The lowest BCUT2D eigenvalue weighted by Gasteiger charge is -1.97. The number of fused-ring (bicyclic) bond motifs is 1. The topological polar surface area (TPSA) is 30.2 Å². The molecular weight excluding hydrogens is 358 g/mol. The van der Waals surface area contributed by atoms with Crippen LogP contribution in [0.1, 0.15) is 5.56 Å². The molecule has 5 heteroatoms. The number of hydrogen-bond acceptors (Lipinski definition) is 3. The molecule has 4 rings (SSSR count). The van der Waals surface area contributed by atoms with Gasteiger partial charge < -0.3 is 0 Å². The van der Waals surface area contributed by atoms with E-state index in [1.54, 1.807) is 11.3 Å². The molecule has 0 aliphatic rings. The number of aryl methyl sites for hydroxylation is 1. The summed E-state index contributed by atoms with van der Waals surface area (Å²) in [5.41, 5.74) is 4.42. The van der Waals surface area contributed by atoms with Crippen LogP contribution in [0.2, 0.25) is 0 Å². The maximum absolute atomic E-state index is 4.68. The van der Waals surface area contributed by atoms with Crippen LogP contribution in [0.3, 0.4) is 0 Å². The molecule has 0 saturated heterocycles. The van der Waals surface area contributed by atoms with Crippen LogP contribution in [0.5, 0.6) is 0 Å². The first kappa shape index (κ1) is 13.7. The molecule has 0 aliphatic heterocycles. The van der Waals surface area contributed by atoms with Crippen LogP contribution < -0.4 is 0 Å². The predicted octanol–water partition coefficient (Wildman–Crippen LogP) is 5.20. The summed E-state index contributed by atoms with van der Waals surface area (Å²) in [5.74, 6) is 0. The van der Waals surface area contributed by atoms with E-state index in [2.05, 4.69) is 69.3 Å². The molecule has 0 unspecified atom stereocenters. The third-order valence-corrected chi connectivity index (χ3v) is 4.98. The highest BCUT2D eigenvalue weighted by atomic mass is 79.9. The number of halogens is 1. The molecule has 0 N–H and O–H groups in total. The fourth-order valence-electron chi connectivity index (χ4n) is 2.27. The van der Waals surface area contributed by atoms with Crippen LogP contribution >= 0.6 is 27.3 Å². The van der Waals surface area contributed by atoms with E-state index in [0.29, 0.717) is 0 Å². The minimum Gasteiger partial charge on any atom is -0.217 e. The highest BCUT2D eigenvalue weighted by Gasteiger charge is 2.10. The standard InChI is InChI=1S/C17H12BrN3S/c1-11-2-4-13(5-3-11)16-20-21-10-15(19-17(21)22-16)12-6-8-14(18)9-7-12/h2-10H,1H3. The van der Waals surface area contributed by atoms with Gasteiger partial charge in [-0.3, -0.25) is 0 Å². The van der Waals surface area contributed by atoms with E-state index in [9.17, 15) is 0 Å². The first-order valence-corrected chi connectivity index (χ1v) is 8.49. The van der Waals surface area contributed by atoms with Gasteiger partial charge in [0.05, 0.1) is 11.9 Å². The summed E-state index contributed by atoms with van der Waals surface area (Å²) in [6, 6.07) is 16.6. The lowest BCUT2D eigenvalue weighted by Crippen LogP contribution is -1.83. The van der Waals surface area contributed by atoms with Crippen LogP contribution in [0.25, 0.3) is 26.8 Å². The molecule has 108 valence electrons. The van der Waals surface area contributed by atoms with Gasteiger partial charge in [-0.15, -0.1) is 0 Å². The summed E-state index contributed by atoms with van der Waals surface area (Å²) < 4.78 is 2.93. The molecule has 2 aromatic carbocycles. The van der Waals surface area contributed by atoms with Crippen LogP contribution in [0.15, 0.2) is 59.2 Å². The molecule has 3 nitrogen and oxygen atoms in total. The minimum atomic E-state index is 0.911. The van der Waals surface area contributed by atoms with Gasteiger partial charge in [-0.2, -0.15) is 5.10 Å². The van der Waals surface area contributed by atoms with E-state index in [1.807, 2.05) is 22.8 Å². The lowest BCUT2D eigenvalue weighted by atomic mass is 10.2. The zero-order valence-corrected chi connectivity index (χ0v) is 14.2. The van der Waals surface area contributed by atoms with Gasteiger partial charge in [-0.1, -0.05) is 69.2 Å². The summed E-state index contributed by atoms with van der Waals surface area (Å²) in [5, 5.41) is 5.63. The van der Waals surface area contributed by atoms with E-state index in [4.69, 9.17) is 0 Å². The maximum atomic E-state index is 4.68. The monoisotopic (exact) mass is 369 g/mol. The average molecular weight is 370 g/mol. The van der Waals surface area contributed by atoms with Gasteiger partial charge in [0, 0.05) is 15.6 Å². The molecular formula is C17H12BrN3S. The Labute approximate surface area is 140 Å². The molecule has 0 spiro atoms. The van der Waals surface area contributed by atoms with Gasteiger partial charge in [-0.25, -0.2) is 9.50 Å². The molecule has 0 atom stereocenters. The zero-order valence-electron chi connectivity index (χ0n) is 11.8. The molecule has 4 aromatic rings. The number of rotatable bonds is 2. The fourth-order valence-corrected chi connectivity index (χ4v) is 3.42. The van der Waals surface area contributed by atoms with Crippen LogP contribution in [0.4, 0.5) is 0 Å². The van der Waals surface area contributed by atoms with Crippen molar-refractivity contribution in [3.05, 3.63) is 64.8 Å². The fraction of sp³-hybridized carbons (Fsp3) is 0.0588. The third kappa shape index (κ3) is 2.46. The van der Waals surface area contributed by atoms with Gasteiger partial charge in [-0.05, 0) is 19.1 Å². The minimum absolute atomic E-state index is 0.911. The quantitative estimate of drug-likeness (QED) is 0.486. The highest BCUT2D eigenvalue weighted by molar-refractivity contribution is 9.10. The van der Waals surface area contributed by atoms with Crippen LogP contribution in [0, 0.1) is 6.92 Å². The van der Waals surface area contributed by atoms with Gasteiger partial charge >= 0.3 is 0 Å². The average Bonchev–Trinajstić information content (AvgIpc) is 3.07. The maximum Gasteiger partial charge on any atom is 0.213 e. The largest absolute Gasteiger partial charge is 0.217 e. The van der Waals surface area contributed by atoms with Crippen molar-refractivity contribution in [3.8, 4) is 21.8 Å². The highest BCUT2D eigenvalue weighted by Crippen LogP contribution is 2.28. The van der Waals surface area contributed by atoms with Crippen molar-refractivity contribution < 1.29 is 0 Å². The number of aromatic nitrogens is 3. The van der Waals surface area contributed by atoms with Crippen LogP contribution in [-0.4, -0.2) is 14.6 Å². The number of imidazole rings is 1. The second-order valence-electron chi connectivity index (χ2n) is 5.13. The van der Waals surface area contributed by atoms with E-state index < -0.39 is 0 Å². The van der Waals surface area contributed by atoms with Crippen molar-refractivity contribution in [1.29, 1.82) is 0 Å². The zero-order chi connectivity index (χ0) is 15.1. The Balaban J connectivity index is 1.73. The molecule has 0 amide bonds. The van der Waals surface area contributed by atoms with E-state index in [0.717, 1.165) is 31.3 Å². The number of hydrogen-bond donors (Lipinski definition) is 0. The normalized spacial score (nSPS) is 11.2. The van der Waals surface area contributed by atoms with Crippen molar-refractivity contribution in [2.45, 2.75) is 6.92 Å². The molecule has 2 heterocycles. The Kier molecular flexibility index (Phi) is 3.32. The second kappa shape index (κ2) is 5.34. The van der Waals surface area contributed by atoms with E-state index in [-0.39, 0.29) is 0 Å². The van der Waals surface area contributed by atoms with Crippen molar-refractivity contribution >= 4 is 32.2 Å². The summed E-state index contributed by atoms with van der Waals surface area (Å²) in [4.78, 5) is 5.59. The van der Waals surface area contributed by atoms with Gasteiger partial charge in [0.25, 0.3) is 0 Å². The first-order valence-electron chi connectivity index (χ1n) is 6.88. The third-order valence-electron chi connectivity index (χ3n) is 3.48. The predicted molar refractivity (Wildman–Crippen MR) is 94.2 cm³/mol. The van der Waals surface area contributed by atoms with Crippen LogP contribution in [-0.2, 0) is 0 Å². The summed E-state index contributed by atoms with van der Waals surface area (Å²) in [6.07, 6.45) is 1.98. The van der Waals surface area contributed by atoms with Gasteiger partial charge in [0.1, 0.15) is 5.01 Å². The van der Waals surface area contributed by atoms with E-state index in [1.165, 1.54) is 5.56 Å². The van der Waals surface area contributed by atoms with E-state index >= 15 is 0 Å². The Morgan fingerprint density at radius 3 is 2.32 bits per heavy atom. The summed E-state index contributed by atoms with van der Waals surface area (Å²) in [7, 11) is 0. The molecule has 0 radical (unpaired) electrons. The molecule has 2 aromatic heterocycles. The van der Waals surface area contributed by atoms with Crippen molar-refractivity contribution in [3.63, 3.8) is 0 Å². The van der Waals surface area contributed by atoms with Gasteiger partial charge in [0.15, 0.2) is 0 Å². The second-order valence-corrected chi connectivity index (χ2v) is 7.01. The van der Waals surface area contributed by atoms with Crippen molar-refractivity contribution in [1.82, 2.24) is 14.6 Å². The summed E-state index contributed by atoms with van der Waals surface area (Å²) >= 11 is 5.06. The van der Waals surface area contributed by atoms with Gasteiger partial charge in [0.2, 0.25) is 4.96 Å². The Morgan fingerprint density at radius 1 is 0.955 bits per heavy atom. The Bertz CT molecular complexity index is 830.